The first-order chi connectivity index (χ1) is 40.2. The maximum atomic E-state index is 14.6. The zero-order valence-corrected chi connectivity index (χ0v) is 52.2. The number of benzene rings is 5. The number of anilines is 3. The lowest BCUT2D eigenvalue weighted by Crippen LogP contribution is -2.43. The highest BCUT2D eigenvalue weighted by Gasteiger charge is 2.44. The number of ketones is 1. The molecule has 0 radical (unpaired) electrons. The van der Waals surface area contributed by atoms with E-state index < -0.39 is 47.9 Å². The highest BCUT2D eigenvalue weighted by Crippen LogP contribution is 2.45. The smallest absolute Gasteiger partial charge is 0.277 e. The van der Waals surface area contributed by atoms with Gasteiger partial charge >= 0.3 is 0 Å². The second-order valence-corrected chi connectivity index (χ2v) is 29.1. The minimum atomic E-state index is -4.43. The van der Waals surface area contributed by atoms with Crippen LogP contribution in [-0.4, -0.2) is 126 Å². The molecule has 2 amide bonds. The Morgan fingerprint density at radius 3 is 2.05 bits per heavy atom. The van der Waals surface area contributed by atoms with Crippen LogP contribution in [-0.2, 0) is 77.6 Å². The predicted octanol–water partition coefficient (Wildman–Crippen LogP) is 10.4. The molecule has 0 aromatic heterocycles. The molecule has 0 saturated heterocycles. The third-order valence-corrected chi connectivity index (χ3v) is 21.8. The Hall–Kier alpha value is -5.65. The van der Waals surface area contributed by atoms with Crippen LogP contribution >= 0.6 is 21.6 Å². The standard InChI is InChI=1S/C63H77N3O14S4/c1-8-22-77-24-25-78-23-21-64(40-63(4,5)82-81-26-20-60(56(67)9-2)84(73,74)76-7)50-29-42(37-79-57-34-44-18-19-49-32-45-14-10-12-16-53(45)65(49)61(68)51(44)27-41(57)3)28-43(30-50)38-80-59-35-47-31-48(39-83(70,71)72)55-33-46-15-11-13-17-54(46)66(55)62(69)52(47)36-58(59)75-6/h10-17,27-30,34-36,48-49,55,60H,8-9,18-26,31-33,37-40H2,1-7H3,(H,70,71,72)/t48?,49-,55+,60?/m1/s1. The van der Waals surface area contributed by atoms with E-state index in [9.17, 15) is 35.8 Å². The molecule has 5 aromatic carbocycles. The van der Waals surface area contributed by atoms with Crippen molar-refractivity contribution in [3.63, 3.8) is 0 Å². The van der Waals surface area contributed by atoms with Gasteiger partial charge in [-0.15, -0.1) is 0 Å². The lowest BCUT2D eigenvalue weighted by Gasteiger charge is -2.34. The highest BCUT2D eigenvalue weighted by atomic mass is 33.1. The number of nitrogens with zero attached hydrogens (tertiary/aromatic N) is 3. The van der Waals surface area contributed by atoms with E-state index in [1.54, 1.807) is 34.8 Å². The first-order valence-electron chi connectivity index (χ1n) is 28.8. The van der Waals surface area contributed by atoms with Crippen molar-refractivity contribution in [2.75, 3.05) is 79.9 Å². The summed E-state index contributed by atoms with van der Waals surface area (Å²) < 4.78 is 96.4. The number of hydrogen-bond donors (Lipinski definition) is 1. The average Bonchev–Trinajstić information content (AvgIpc) is 1.82. The lowest BCUT2D eigenvalue weighted by molar-refractivity contribution is -0.118. The lowest BCUT2D eigenvalue weighted by atomic mass is 9.91. The van der Waals surface area contributed by atoms with E-state index in [0.29, 0.717) is 91.3 Å². The summed E-state index contributed by atoms with van der Waals surface area (Å²) in [5.41, 5.74) is 9.60. The summed E-state index contributed by atoms with van der Waals surface area (Å²) in [5, 5.41) is -1.25. The van der Waals surface area contributed by atoms with Crippen molar-refractivity contribution in [2.24, 2.45) is 5.92 Å². The Balaban J connectivity index is 1.02. The molecule has 0 spiro atoms. The van der Waals surface area contributed by atoms with E-state index >= 15 is 0 Å². The van der Waals surface area contributed by atoms with Crippen LogP contribution < -0.4 is 28.9 Å². The molecule has 84 heavy (non-hydrogen) atoms. The molecule has 4 aliphatic heterocycles. The summed E-state index contributed by atoms with van der Waals surface area (Å²) in [4.78, 5) is 47.5. The molecule has 5 aromatic rings. The van der Waals surface area contributed by atoms with Gasteiger partial charge in [0, 0.05) is 82.8 Å². The van der Waals surface area contributed by atoms with Crippen LogP contribution in [0.25, 0.3) is 0 Å². The van der Waals surface area contributed by atoms with Crippen molar-refractivity contribution < 1.29 is 63.6 Å². The number of rotatable bonds is 29. The van der Waals surface area contributed by atoms with Gasteiger partial charge in [0.15, 0.2) is 17.3 Å². The molecule has 0 aliphatic carbocycles. The van der Waals surface area contributed by atoms with Gasteiger partial charge in [-0.05, 0) is 159 Å². The number of amides is 2. The second-order valence-electron chi connectivity index (χ2n) is 22.6. The Morgan fingerprint density at radius 2 is 1.38 bits per heavy atom. The number of fused-ring (bicyclic) bond motifs is 8. The molecule has 17 nitrogen and oxygen atoms in total. The van der Waals surface area contributed by atoms with E-state index in [1.807, 2.05) is 72.5 Å². The quantitative estimate of drug-likeness (QED) is 0.0205. The van der Waals surface area contributed by atoms with Gasteiger partial charge in [-0.25, -0.2) is 0 Å². The molecule has 452 valence electrons. The van der Waals surface area contributed by atoms with Crippen molar-refractivity contribution in [2.45, 2.75) is 121 Å². The first-order valence-corrected chi connectivity index (χ1v) is 34.1. The van der Waals surface area contributed by atoms with Gasteiger partial charge in [0.1, 0.15) is 24.2 Å². The van der Waals surface area contributed by atoms with Gasteiger partial charge in [-0.1, -0.05) is 71.8 Å². The number of para-hydroxylation sites is 2. The maximum Gasteiger partial charge on any atom is 0.277 e. The van der Waals surface area contributed by atoms with Crippen LogP contribution in [0.4, 0.5) is 17.1 Å². The van der Waals surface area contributed by atoms with E-state index in [4.69, 9.17) is 27.9 Å². The molecular weight excluding hydrogens is 1150 g/mol. The van der Waals surface area contributed by atoms with Crippen LogP contribution in [0.5, 0.6) is 17.2 Å². The number of methoxy groups -OCH3 is 1. The molecule has 21 heteroatoms. The van der Waals surface area contributed by atoms with Gasteiger partial charge in [0.25, 0.3) is 32.1 Å². The van der Waals surface area contributed by atoms with Crippen LogP contribution in [0.15, 0.2) is 91.0 Å². The average molecular weight is 1230 g/mol. The largest absolute Gasteiger partial charge is 0.493 e. The van der Waals surface area contributed by atoms with Crippen molar-refractivity contribution >= 4 is 76.5 Å². The van der Waals surface area contributed by atoms with Gasteiger partial charge in [-0.3, -0.25) is 23.1 Å². The molecule has 4 heterocycles. The summed E-state index contributed by atoms with van der Waals surface area (Å²) in [7, 11) is -2.81. The molecule has 2 unspecified atom stereocenters. The molecule has 0 saturated carbocycles. The van der Waals surface area contributed by atoms with Crippen LogP contribution in [0, 0.1) is 12.8 Å². The molecule has 4 atom stereocenters. The minimum absolute atomic E-state index is 0.00180. The third-order valence-electron chi connectivity index (χ3n) is 16.0. The molecule has 0 bridgehead atoms. The number of hydrogen-bond acceptors (Lipinski definition) is 16. The Kier molecular flexibility index (Phi) is 20.5. The SMILES string of the molecule is CCCOCCOCCN(CC(C)(C)SSCCC(C(=O)CC)S(=O)(=O)OC)c1cc(COc2cc3c(cc2C)C(=O)N2c4ccccc4C[C@H]2CC3)cc(COc2cc3c(cc2OC)C(=O)N2c4ccccc4C[C@H]2C(CS(=O)(=O)O)C3)c1. The number of Topliss-reactive ketones (excluding diaryl/α,β-unsaturated/α-hetero) is 1. The number of aryl methyl sites for hydroxylation is 2. The van der Waals surface area contributed by atoms with E-state index in [1.165, 1.54) is 23.5 Å². The van der Waals surface area contributed by atoms with Gasteiger partial charge < -0.3 is 38.4 Å². The summed E-state index contributed by atoms with van der Waals surface area (Å²) in [6, 6.07) is 28.7. The zero-order valence-electron chi connectivity index (χ0n) is 48.9. The summed E-state index contributed by atoms with van der Waals surface area (Å²) in [6.07, 6.45) is 4.05. The fourth-order valence-electron chi connectivity index (χ4n) is 12.0. The van der Waals surface area contributed by atoms with Crippen molar-refractivity contribution in [3.8, 4) is 17.2 Å². The Labute approximate surface area is 502 Å². The normalized spacial score (nSPS) is 17.7. The minimum Gasteiger partial charge on any atom is -0.493 e. The molecule has 9 rings (SSSR count). The zero-order chi connectivity index (χ0) is 59.9. The molecule has 1 N–H and O–H groups in total. The van der Waals surface area contributed by atoms with Gasteiger partial charge in [-0.2, -0.15) is 16.8 Å². The van der Waals surface area contributed by atoms with E-state index in [2.05, 4.69) is 43.9 Å². The maximum absolute atomic E-state index is 14.6. The molecular formula is C63H77N3O14S4. The topological polar surface area (TPSA) is 205 Å². The van der Waals surface area contributed by atoms with Crippen molar-refractivity contribution in [1.82, 2.24) is 0 Å². The highest BCUT2D eigenvalue weighted by molar-refractivity contribution is 8.77. The second kappa shape index (κ2) is 27.4. The van der Waals surface area contributed by atoms with Crippen LogP contribution in [0.1, 0.15) is 113 Å². The Bertz CT molecular complexity index is 3450. The number of ether oxygens (including phenoxy) is 5. The van der Waals surface area contributed by atoms with E-state index in [-0.39, 0.29) is 56.1 Å². The Morgan fingerprint density at radius 1 is 0.750 bits per heavy atom. The van der Waals surface area contributed by atoms with Gasteiger partial charge in [0.2, 0.25) is 0 Å². The summed E-state index contributed by atoms with van der Waals surface area (Å²) in [6.45, 7) is 12.9. The fourth-order valence-corrected chi connectivity index (χ4v) is 16.8. The third kappa shape index (κ3) is 14.8. The number of carbonyl (C=O) groups is 3. The molecule has 0 fully saturated rings. The van der Waals surface area contributed by atoms with E-state index in [0.717, 1.165) is 72.0 Å². The van der Waals surface area contributed by atoms with Crippen molar-refractivity contribution in [3.05, 3.63) is 141 Å². The first kappa shape index (κ1) is 62.9. The number of carbonyl (C=O) groups excluding carboxylic acids is 3. The molecule has 4 aliphatic rings. The summed E-state index contributed by atoms with van der Waals surface area (Å²) >= 11 is 0. The van der Waals surface area contributed by atoms with Crippen LogP contribution in [0.2, 0.25) is 0 Å². The van der Waals surface area contributed by atoms with Gasteiger partial charge in [0.05, 0.1) is 39.8 Å². The predicted molar refractivity (Wildman–Crippen MR) is 331 cm³/mol. The summed E-state index contributed by atoms with van der Waals surface area (Å²) in [5.74, 6) is -0.152. The van der Waals surface area contributed by atoms with Crippen LogP contribution in [0.3, 0.4) is 0 Å². The monoisotopic (exact) mass is 1230 g/mol. The fraction of sp³-hybridized carbons (Fsp3) is 0.476. The van der Waals surface area contributed by atoms with Crippen molar-refractivity contribution in [1.29, 1.82) is 0 Å².